The molecule has 0 bridgehead atoms. The number of pyridine rings is 1. The van der Waals surface area contributed by atoms with E-state index >= 15 is 0 Å². The highest BCUT2D eigenvalue weighted by Gasteiger charge is 2.19. The number of nitrogens with one attached hydrogen (secondary N) is 2. The first kappa shape index (κ1) is 22.6. The zero-order chi connectivity index (χ0) is 22.8. The minimum absolute atomic E-state index is 0.0972. The molecule has 3 aromatic rings. The van der Waals surface area contributed by atoms with Crippen LogP contribution in [0.5, 0.6) is 0 Å². The lowest BCUT2D eigenvalue weighted by atomic mass is 10.1. The van der Waals surface area contributed by atoms with Crippen LogP contribution in [-0.2, 0) is 20.0 Å². The van der Waals surface area contributed by atoms with Crippen molar-refractivity contribution in [3.63, 3.8) is 0 Å². The van der Waals surface area contributed by atoms with Gasteiger partial charge in [0.05, 0.1) is 11.9 Å². The summed E-state index contributed by atoms with van der Waals surface area (Å²) < 4.78 is 1.72. The Kier molecular flexibility index (Phi) is 6.74. The van der Waals surface area contributed by atoms with Gasteiger partial charge in [0.1, 0.15) is 10.7 Å². The first-order chi connectivity index (χ1) is 15.3. The van der Waals surface area contributed by atoms with Gasteiger partial charge in [0.15, 0.2) is 5.82 Å². The predicted octanol–water partition coefficient (Wildman–Crippen LogP) is 4.80. The van der Waals surface area contributed by atoms with Crippen molar-refractivity contribution in [2.24, 2.45) is 7.05 Å². The van der Waals surface area contributed by atoms with Crippen LogP contribution in [0.1, 0.15) is 25.1 Å². The van der Waals surface area contributed by atoms with Crippen molar-refractivity contribution in [1.82, 2.24) is 19.4 Å². The first-order valence-electron chi connectivity index (χ1n) is 10.5. The van der Waals surface area contributed by atoms with Crippen molar-refractivity contribution >= 4 is 46.5 Å². The molecular formula is C23H27ClN6OS. The van der Waals surface area contributed by atoms with Crippen LogP contribution in [0.3, 0.4) is 0 Å². The normalized spacial score (nSPS) is 13.8. The number of anilines is 4. The SMILES string of the molecule is CC(C)Sc1ccccc1Nc1nc(Nc2cc3c(n(C)c2=O)CCN(C)C3)ncc1Cl. The molecule has 0 saturated heterocycles. The van der Waals surface area contributed by atoms with Crippen molar-refractivity contribution in [2.45, 2.75) is 37.0 Å². The van der Waals surface area contributed by atoms with E-state index in [0.29, 0.717) is 27.7 Å². The van der Waals surface area contributed by atoms with Crippen molar-refractivity contribution in [3.05, 3.63) is 63.2 Å². The lowest BCUT2D eigenvalue weighted by Crippen LogP contribution is -2.33. The minimum atomic E-state index is -0.0972. The number of nitrogens with zero attached hydrogens (tertiary/aromatic N) is 4. The molecule has 1 aromatic carbocycles. The van der Waals surface area contributed by atoms with Gasteiger partial charge in [-0.2, -0.15) is 4.98 Å². The summed E-state index contributed by atoms with van der Waals surface area (Å²) in [5.41, 5.74) is 3.49. The van der Waals surface area contributed by atoms with E-state index in [1.54, 1.807) is 16.3 Å². The highest BCUT2D eigenvalue weighted by atomic mass is 35.5. The van der Waals surface area contributed by atoms with Gasteiger partial charge in [0.2, 0.25) is 5.95 Å². The molecule has 1 aliphatic heterocycles. The van der Waals surface area contributed by atoms with Crippen LogP contribution in [0.4, 0.5) is 23.1 Å². The van der Waals surface area contributed by atoms with Crippen LogP contribution in [0.15, 0.2) is 46.2 Å². The summed E-state index contributed by atoms with van der Waals surface area (Å²) in [6.45, 7) is 6.05. The fourth-order valence-corrected chi connectivity index (χ4v) is 4.80. The molecule has 32 heavy (non-hydrogen) atoms. The molecule has 0 fully saturated rings. The molecule has 0 aliphatic carbocycles. The standard InChI is InChI=1S/C23H27ClN6OS/c1-14(2)32-20-8-6-5-7-17(20)26-21-16(24)12-25-23(28-21)27-18-11-15-13-29(3)10-9-19(15)30(4)22(18)31/h5-8,11-12,14H,9-10,13H2,1-4H3,(H2,25,26,27,28). The number of thioether (sulfide) groups is 1. The van der Waals surface area contributed by atoms with E-state index in [4.69, 9.17) is 11.6 Å². The predicted molar refractivity (Wildman–Crippen MR) is 133 cm³/mol. The zero-order valence-corrected chi connectivity index (χ0v) is 20.2. The number of likely N-dealkylation sites (N-methyl/N-ethyl adjacent to an activating group) is 1. The van der Waals surface area contributed by atoms with Crippen molar-refractivity contribution in [3.8, 4) is 0 Å². The number of fused-ring (bicyclic) bond motifs is 1. The lowest BCUT2D eigenvalue weighted by molar-refractivity contribution is 0.306. The Morgan fingerprint density at radius 3 is 2.72 bits per heavy atom. The van der Waals surface area contributed by atoms with E-state index < -0.39 is 0 Å². The van der Waals surface area contributed by atoms with E-state index in [1.807, 2.05) is 31.3 Å². The molecule has 7 nitrogen and oxygen atoms in total. The van der Waals surface area contributed by atoms with Gasteiger partial charge in [0.25, 0.3) is 5.56 Å². The average molecular weight is 471 g/mol. The molecule has 0 radical (unpaired) electrons. The molecular weight excluding hydrogens is 444 g/mol. The Bertz CT molecular complexity index is 1200. The molecule has 9 heteroatoms. The Morgan fingerprint density at radius 1 is 1.16 bits per heavy atom. The third-order valence-corrected chi connectivity index (χ3v) is 6.65. The summed E-state index contributed by atoms with van der Waals surface area (Å²) in [5, 5.41) is 7.26. The fraction of sp³-hybridized carbons (Fsp3) is 0.348. The lowest BCUT2D eigenvalue weighted by Gasteiger charge is -2.27. The summed E-state index contributed by atoms with van der Waals surface area (Å²) in [7, 11) is 3.90. The monoisotopic (exact) mass is 470 g/mol. The minimum Gasteiger partial charge on any atom is -0.338 e. The van der Waals surface area contributed by atoms with Gasteiger partial charge in [-0.3, -0.25) is 4.79 Å². The molecule has 2 aromatic heterocycles. The number of rotatable bonds is 6. The Balaban J connectivity index is 1.63. The Hall–Kier alpha value is -2.55. The van der Waals surface area contributed by atoms with E-state index in [2.05, 4.69) is 52.5 Å². The summed E-state index contributed by atoms with van der Waals surface area (Å²) in [4.78, 5) is 25.1. The fourth-order valence-electron chi connectivity index (χ4n) is 3.75. The van der Waals surface area contributed by atoms with Crippen LogP contribution < -0.4 is 16.2 Å². The van der Waals surface area contributed by atoms with E-state index in [9.17, 15) is 4.79 Å². The molecule has 2 N–H and O–H groups in total. The highest BCUT2D eigenvalue weighted by molar-refractivity contribution is 8.00. The van der Waals surface area contributed by atoms with Crippen LogP contribution in [0, 0.1) is 0 Å². The third kappa shape index (κ3) is 4.92. The Labute approximate surface area is 197 Å². The third-order valence-electron chi connectivity index (χ3n) is 5.29. The van der Waals surface area contributed by atoms with Crippen LogP contribution in [0.25, 0.3) is 0 Å². The van der Waals surface area contributed by atoms with E-state index in [-0.39, 0.29) is 5.56 Å². The van der Waals surface area contributed by atoms with Crippen LogP contribution >= 0.6 is 23.4 Å². The largest absolute Gasteiger partial charge is 0.338 e. The molecule has 1 aliphatic rings. The summed E-state index contributed by atoms with van der Waals surface area (Å²) in [6.07, 6.45) is 2.39. The average Bonchev–Trinajstić information content (AvgIpc) is 2.75. The molecule has 3 heterocycles. The Morgan fingerprint density at radius 2 is 1.94 bits per heavy atom. The van der Waals surface area contributed by atoms with Gasteiger partial charge < -0.3 is 20.1 Å². The van der Waals surface area contributed by atoms with Crippen LogP contribution in [-0.4, -0.2) is 38.3 Å². The number of halogens is 1. The zero-order valence-electron chi connectivity index (χ0n) is 18.6. The van der Waals surface area contributed by atoms with Crippen molar-refractivity contribution in [1.29, 1.82) is 0 Å². The topological polar surface area (TPSA) is 75.1 Å². The second-order valence-electron chi connectivity index (χ2n) is 8.18. The summed E-state index contributed by atoms with van der Waals surface area (Å²) >= 11 is 8.14. The maximum Gasteiger partial charge on any atom is 0.274 e. The van der Waals surface area contributed by atoms with Gasteiger partial charge >= 0.3 is 0 Å². The number of hydrogen-bond acceptors (Lipinski definition) is 7. The van der Waals surface area contributed by atoms with Crippen LogP contribution in [0.2, 0.25) is 5.02 Å². The van der Waals surface area contributed by atoms with Gasteiger partial charge in [-0.25, -0.2) is 4.98 Å². The smallest absolute Gasteiger partial charge is 0.274 e. The van der Waals surface area contributed by atoms with Gasteiger partial charge in [-0.05, 0) is 30.8 Å². The number of aromatic nitrogens is 3. The van der Waals surface area contributed by atoms with E-state index in [1.165, 1.54) is 6.20 Å². The van der Waals surface area contributed by atoms with Gasteiger partial charge in [0, 0.05) is 42.4 Å². The number of benzene rings is 1. The maximum atomic E-state index is 12.9. The molecule has 0 spiro atoms. The molecule has 4 rings (SSSR count). The second kappa shape index (κ2) is 9.52. The number of hydrogen-bond donors (Lipinski definition) is 2. The summed E-state index contributed by atoms with van der Waals surface area (Å²) in [6, 6.07) is 9.94. The summed E-state index contributed by atoms with van der Waals surface area (Å²) in [5.74, 6) is 0.794. The second-order valence-corrected chi connectivity index (χ2v) is 10.2. The molecule has 0 saturated carbocycles. The van der Waals surface area contributed by atoms with E-state index in [0.717, 1.165) is 41.4 Å². The van der Waals surface area contributed by atoms with Crippen molar-refractivity contribution in [2.75, 3.05) is 24.2 Å². The first-order valence-corrected chi connectivity index (χ1v) is 11.8. The molecule has 168 valence electrons. The molecule has 0 amide bonds. The number of para-hydroxylation sites is 1. The molecule has 0 unspecified atom stereocenters. The maximum absolute atomic E-state index is 12.9. The van der Waals surface area contributed by atoms with Gasteiger partial charge in [-0.15, -0.1) is 11.8 Å². The highest BCUT2D eigenvalue weighted by Crippen LogP contribution is 2.33. The quantitative estimate of drug-likeness (QED) is 0.501. The molecule has 0 atom stereocenters. The van der Waals surface area contributed by atoms with Crippen molar-refractivity contribution < 1.29 is 0 Å². The van der Waals surface area contributed by atoms with Gasteiger partial charge in [-0.1, -0.05) is 37.6 Å².